The van der Waals surface area contributed by atoms with Crippen molar-refractivity contribution >= 4 is 15.9 Å². The largest absolute Gasteiger partial charge is 0.453 e. The summed E-state index contributed by atoms with van der Waals surface area (Å²) in [6, 6.07) is 2.12. The van der Waals surface area contributed by atoms with E-state index in [1.165, 1.54) is 11.1 Å². The third-order valence-corrected chi connectivity index (χ3v) is 3.44. The molecule has 1 aliphatic rings. The average molecular weight is 286 g/mol. The molecule has 0 bridgehead atoms. The van der Waals surface area contributed by atoms with E-state index < -0.39 is 0 Å². The maximum absolute atomic E-state index is 5.50. The van der Waals surface area contributed by atoms with E-state index in [4.69, 9.17) is 15.2 Å². The fourth-order valence-electron chi connectivity index (χ4n) is 1.93. The Balaban J connectivity index is 2.23. The third-order valence-electron chi connectivity index (χ3n) is 2.85. The van der Waals surface area contributed by atoms with Crippen LogP contribution in [0.4, 0.5) is 0 Å². The quantitative estimate of drug-likeness (QED) is 0.866. The molecule has 2 N–H and O–H groups in total. The maximum atomic E-state index is 5.50. The topological polar surface area (TPSA) is 44.5 Å². The Morgan fingerprint density at radius 3 is 2.81 bits per heavy atom. The molecular formula is C12H16BrNO2. The van der Waals surface area contributed by atoms with Crippen LogP contribution < -0.4 is 15.2 Å². The minimum absolute atomic E-state index is 0.320. The molecule has 0 spiro atoms. The summed E-state index contributed by atoms with van der Waals surface area (Å²) < 4.78 is 11.9. The average Bonchev–Trinajstić information content (AvgIpc) is 2.75. The molecular weight excluding hydrogens is 270 g/mol. The van der Waals surface area contributed by atoms with Gasteiger partial charge in [0.25, 0.3) is 0 Å². The Morgan fingerprint density at radius 2 is 2.06 bits per heavy atom. The molecule has 0 aromatic heterocycles. The van der Waals surface area contributed by atoms with Crippen molar-refractivity contribution in [1.82, 2.24) is 0 Å². The van der Waals surface area contributed by atoms with Gasteiger partial charge in [0, 0.05) is 0 Å². The normalized spacial score (nSPS) is 13.2. The highest BCUT2D eigenvalue weighted by atomic mass is 79.9. The zero-order chi connectivity index (χ0) is 11.5. The van der Waals surface area contributed by atoms with Crippen LogP contribution in [0.25, 0.3) is 0 Å². The maximum Gasteiger partial charge on any atom is 0.231 e. The molecule has 4 heteroatoms. The number of benzene rings is 1. The number of nitrogens with two attached hydrogens (primary N) is 1. The number of hydrogen-bond donors (Lipinski definition) is 1. The first-order valence-corrected chi connectivity index (χ1v) is 6.31. The molecule has 0 saturated carbocycles. The Kier molecular flexibility index (Phi) is 3.71. The summed E-state index contributed by atoms with van der Waals surface area (Å²) in [7, 11) is 0. The number of rotatable bonds is 4. The number of hydrogen-bond acceptors (Lipinski definition) is 3. The number of halogens is 1. The van der Waals surface area contributed by atoms with Crippen LogP contribution in [-0.2, 0) is 6.42 Å². The lowest BCUT2D eigenvalue weighted by Gasteiger charge is -2.10. The predicted octanol–water partition coefficient (Wildman–Crippen LogP) is 2.77. The van der Waals surface area contributed by atoms with Gasteiger partial charge in [-0.1, -0.05) is 0 Å². The molecule has 1 aliphatic heterocycles. The molecule has 0 saturated heterocycles. The SMILES string of the molecule is Cc1c(CCCCN)cc(Br)c2c1OCO2. The van der Waals surface area contributed by atoms with Gasteiger partial charge < -0.3 is 15.2 Å². The van der Waals surface area contributed by atoms with Gasteiger partial charge in [0.05, 0.1) is 4.47 Å². The molecule has 0 amide bonds. The van der Waals surface area contributed by atoms with E-state index in [2.05, 4.69) is 28.9 Å². The van der Waals surface area contributed by atoms with Crippen molar-refractivity contribution in [1.29, 1.82) is 0 Å². The molecule has 0 atom stereocenters. The Labute approximate surface area is 104 Å². The number of aryl methyl sites for hydroxylation is 1. The Bertz CT molecular complexity index is 393. The van der Waals surface area contributed by atoms with Crippen LogP contribution in [0.2, 0.25) is 0 Å². The molecule has 1 heterocycles. The van der Waals surface area contributed by atoms with E-state index in [0.717, 1.165) is 41.8 Å². The van der Waals surface area contributed by atoms with Gasteiger partial charge in [-0.3, -0.25) is 0 Å². The van der Waals surface area contributed by atoms with Gasteiger partial charge >= 0.3 is 0 Å². The Morgan fingerprint density at radius 1 is 1.31 bits per heavy atom. The van der Waals surface area contributed by atoms with Crippen molar-refractivity contribution in [3.05, 3.63) is 21.7 Å². The zero-order valence-corrected chi connectivity index (χ0v) is 11.0. The molecule has 16 heavy (non-hydrogen) atoms. The van der Waals surface area contributed by atoms with Crippen LogP contribution in [0.5, 0.6) is 11.5 Å². The number of ether oxygens (including phenoxy) is 2. The van der Waals surface area contributed by atoms with E-state index in [1.54, 1.807) is 0 Å². The van der Waals surface area contributed by atoms with Crippen LogP contribution in [0, 0.1) is 6.92 Å². The second kappa shape index (κ2) is 5.06. The monoisotopic (exact) mass is 285 g/mol. The summed E-state index contributed by atoms with van der Waals surface area (Å²) in [5, 5.41) is 0. The van der Waals surface area contributed by atoms with Crippen molar-refractivity contribution in [2.24, 2.45) is 5.73 Å². The fourth-order valence-corrected chi connectivity index (χ4v) is 2.50. The van der Waals surface area contributed by atoms with E-state index in [0.29, 0.717) is 6.79 Å². The lowest BCUT2D eigenvalue weighted by atomic mass is 10.0. The smallest absolute Gasteiger partial charge is 0.231 e. The minimum Gasteiger partial charge on any atom is -0.453 e. The van der Waals surface area contributed by atoms with Crippen LogP contribution >= 0.6 is 15.9 Å². The highest BCUT2D eigenvalue weighted by Crippen LogP contribution is 2.43. The Hall–Kier alpha value is -0.740. The molecule has 0 radical (unpaired) electrons. The van der Waals surface area contributed by atoms with Gasteiger partial charge in [-0.25, -0.2) is 0 Å². The molecule has 0 fully saturated rings. The standard InChI is InChI=1S/C12H16BrNO2/c1-8-9(4-2-3-5-14)6-10(13)12-11(8)15-7-16-12/h6H,2-5,7,14H2,1H3. The van der Waals surface area contributed by atoms with Gasteiger partial charge in [0.1, 0.15) is 0 Å². The zero-order valence-electron chi connectivity index (χ0n) is 9.38. The van der Waals surface area contributed by atoms with E-state index in [1.807, 2.05) is 0 Å². The van der Waals surface area contributed by atoms with Gasteiger partial charge in [-0.05, 0) is 65.9 Å². The molecule has 88 valence electrons. The highest BCUT2D eigenvalue weighted by Gasteiger charge is 2.21. The summed E-state index contributed by atoms with van der Waals surface area (Å²) in [4.78, 5) is 0. The first kappa shape index (κ1) is 11.7. The van der Waals surface area contributed by atoms with Gasteiger partial charge in [-0.2, -0.15) is 0 Å². The van der Waals surface area contributed by atoms with Crippen molar-refractivity contribution < 1.29 is 9.47 Å². The lowest BCUT2D eigenvalue weighted by Crippen LogP contribution is -2.00. The van der Waals surface area contributed by atoms with Crippen LogP contribution in [0.15, 0.2) is 10.5 Å². The molecule has 0 unspecified atom stereocenters. The predicted molar refractivity (Wildman–Crippen MR) is 67.0 cm³/mol. The molecule has 0 aliphatic carbocycles. The van der Waals surface area contributed by atoms with E-state index >= 15 is 0 Å². The summed E-state index contributed by atoms with van der Waals surface area (Å²) in [5.74, 6) is 1.72. The van der Waals surface area contributed by atoms with Crippen molar-refractivity contribution in [3.8, 4) is 11.5 Å². The number of fused-ring (bicyclic) bond motifs is 1. The molecule has 3 nitrogen and oxygen atoms in total. The second-order valence-corrected chi connectivity index (χ2v) is 4.81. The van der Waals surface area contributed by atoms with Crippen molar-refractivity contribution in [2.45, 2.75) is 26.2 Å². The summed E-state index contributed by atoms with van der Waals surface area (Å²) in [6.45, 7) is 3.16. The van der Waals surface area contributed by atoms with E-state index in [-0.39, 0.29) is 0 Å². The second-order valence-electron chi connectivity index (χ2n) is 3.95. The summed E-state index contributed by atoms with van der Waals surface area (Å²) in [5.41, 5.74) is 7.99. The van der Waals surface area contributed by atoms with E-state index in [9.17, 15) is 0 Å². The van der Waals surface area contributed by atoms with Crippen LogP contribution in [0.1, 0.15) is 24.0 Å². The fraction of sp³-hybridized carbons (Fsp3) is 0.500. The minimum atomic E-state index is 0.320. The van der Waals surface area contributed by atoms with Crippen LogP contribution in [0.3, 0.4) is 0 Å². The molecule has 1 aromatic carbocycles. The highest BCUT2D eigenvalue weighted by molar-refractivity contribution is 9.10. The van der Waals surface area contributed by atoms with Crippen molar-refractivity contribution in [3.63, 3.8) is 0 Å². The van der Waals surface area contributed by atoms with Gasteiger partial charge in [-0.15, -0.1) is 0 Å². The summed E-state index contributed by atoms with van der Waals surface area (Å²) in [6.07, 6.45) is 3.22. The van der Waals surface area contributed by atoms with Crippen LogP contribution in [-0.4, -0.2) is 13.3 Å². The van der Waals surface area contributed by atoms with Crippen molar-refractivity contribution in [2.75, 3.05) is 13.3 Å². The first-order chi connectivity index (χ1) is 7.74. The molecule has 2 rings (SSSR count). The molecule has 1 aromatic rings. The van der Waals surface area contributed by atoms with Gasteiger partial charge in [0.15, 0.2) is 11.5 Å². The van der Waals surface area contributed by atoms with Gasteiger partial charge in [0.2, 0.25) is 6.79 Å². The number of unbranched alkanes of at least 4 members (excludes halogenated alkanes) is 1. The summed E-state index contributed by atoms with van der Waals surface area (Å²) >= 11 is 3.51. The lowest BCUT2D eigenvalue weighted by molar-refractivity contribution is 0.173. The third kappa shape index (κ3) is 2.18. The first-order valence-electron chi connectivity index (χ1n) is 5.51.